The number of anilines is 1. The lowest BCUT2D eigenvalue weighted by Crippen LogP contribution is -2.42. The third kappa shape index (κ3) is 4.17. The number of fused-ring (bicyclic) bond motifs is 1. The molecule has 1 atom stereocenters. The summed E-state index contributed by atoms with van der Waals surface area (Å²) in [5.41, 5.74) is 1.51. The Hall–Kier alpha value is -1.98. The van der Waals surface area contributed by atoms with Crippen LogP contribution >= 0.6 is 23.8 Å². The van der Waals surface area contributed by atoms with Gasteiger partial charge < -0.3 is 20.1 Å². The second-order valence-corrected chi connectivity index (χ2v) is 7.42. The third-order valence-electron chi connectivity index (χ3n) is 4.10. The van der Waals surface area contributed by atoms with Gasteiger partial charge in [-0.3, -0.25) is 0 Å². The molecule has 0 aliphatic carbocycles. The quantitative estimate of drug-likeness (QED) is 0.743. The zero-order valence-electron chi connectivity index (χ0n) is 14.4. The lowest BCUT2D eigenvalue weighted by atomic mass is 9.89. The first kappa shape index (κ1) is 17.8. The molecule has 2 aromatic carbocycles. The maximum absolute atomic E-state index is 6.19. The molecule has 6 heteroatoms. The van der Waals surface area contributed by atoms with Crippen LogP contribution in [-0.2, 0) is 0 Å². The molecule has 0 amide bonds. The highest BCUT2D eigenvalue weighted by Gasteiger charge is 2.34. The lowest BCUT2D eigenvalue weighted by Gasteiger charge is -2.38. The third-order valence-corrected chi connectivity index (χ3v) is 4.65. The van der Waals surface area contributed by atoms with E-state index in [0.29, 0.717) is 10.1 Å². The number of nitrogens with one attached hydrogen (secondary N) is 2. The molecular weight excluding hydrogens is 356 g/mol. The topological polar surface area (TPSA) is 42.5 Å². The number of methoxy groups -OCH3 is 1. The highest BCUT2D eigenvalue weighted by molar-refractivity contribution is 7.80. The zero-order valence-corrected chi connectivity index (χ0v) is 16.0. The lowest BCUT2D eigenvalue weighted by molar-refractivity contribution is 0.0695. The monoisotopic (exact) mass is 376 g/mol. The average molecular weight is 377 g/mol. The molecule has 3 rings (SSSR count). The summed E-state index contributed by atoms with van der Waals surface area (Å²) in [4.78, 5) is 0. The predicted molar refractivity (Wildman–Crippen MR) is 106 cm³/mol. The number of halogens is 1. The molecule has 25 heavy (non-hydrogen) atoms. The molecule has 4 nitrogen and oxygen atoms in total. The molecule has 0 fully saturated rings. The van der Waals surface area contributed by atoms with Crippen molar-refractivity contribution in [3.8, 4) is 11.5 Å². The second kappa shape index (κ2) is 7.10. The summed E-state index contributed by atoms with van der Waals surface area (Å²) in [6.45, 7) is 4.14. The van der Waals surface area contributed by atoms with E-state index < -0.39 is 0 Å². The van der Waals surface area contributed by atoms with Gasteiger partial charge in [0, 0.05) is 12.0 Å². The van der Waals surface area contributed by atoms with Crippen molar-refractivity contribution in [3.05, 3.63) is 53.1 Å². The van der Waals surface area contributed by atoms with Crippen LogP contribution in [0.4, 0.5) is 5.69 Å². The number of ether oxygens (including phenoxy) is 2. The van der Waals surface area contributed by atoms with Gasteiger partial charge in [0.1, 0.15) is 17.1 Å². The van der Waals surface area contributed by atoms with E-state index in [1.807, 2.05) is 42.5 Å². The minimum Gasteiger partial charge on any atom is -0.497 e. The molecule has 2 N–H and O–H groups in total. The van der Waals surface area contributed by atoms with Crippen LogP contribution in [0.5, 0.6) is 11.5 Å². The van der Waals surface area contributed by atoms with Gasteiger partial charge >= 0.3 is 0 Å². The highest BCUT2D eigenvalue weighted by Crippen LogP contribution is 2.41. The van der Waals surface area contributed by atoms with Crippen LogP contribution in [-0.4, -0.2) is 17.8 Å². The Morgan fingerprint density at radius 2 is 2.04 bits per heavy atom. The van der Waals surface area contributed by atoms with E-state index in [1.165, 1.54) is 0 Å². The van der Waals surface area contributed by atoms with Gasteiger partial charge in [-0.2, -0.15) is 0 Å². The number of rotatable bonds is 3. The molecule has 1 aliphatic heterocycles. The SMILES string of the molecule is COc1ccc2c(c1)[C@H](NC(=S)Nc1ccccc1Cl)CC(C)(C)O2. The van der Waals surface area contributed by atoms with Gasteiger partial charge in [0.05, 0.1) is 23.9 Å². The normalized spacial score (nSPS) is 17.8. The van der Waals surface area contributed by atoms with E-state index in [0.717, 1.165) is 29.2 Å². The highest BCUT2D eigenvalue weighted by atomic mass is 35.5. The number of para-hydroxylation sites is 1. The van der Waals surface area contributed by atoms with Gasteiger partial charge in [-0.05, 0) is 56.4 Å². The van der Waals surface area contributed by atoms with E-state index in [4.69, 9.17) is 33.3 Å². The molecule has 0 saturated heterocycles. The smallest absolute Gasteiger partial charge is 0.171 e. The molecule has 1 heterocycles. The maximum Gasteiger partial charge on any atom is 0.171 e. The van der Waals surface area contributed by atoms with Gasteiger partial charge in [0.25, 0.3) is 0 Å². The summed E-state index contributed by atoms with van der Waals surface area (Å²) in [5, 5.41) is 7.69. The number of thiocarbonyl (C=S) groups is 1. The minimum absolute atomic E-state index is 0.0105. The summed E-state index contributed by atoms with van der Waals surface area (Å²) in [7, 11) is 1.65. The molecule has 2 aromatic rings. The maximum atomic E-state index is 6.19. The Morgan fingerprint density at radius 3 is 2.76 bits per heavy atom. The second-order valence-electron chi connectivity index (χ2n) is 6.60. The standard InChI is InChI=1S/C19H21ClN2O2S/c1-19(2)11-16(13-10-12(23-3)8-9-17(13)24-19)22-18(25)21-15-7-5-4-6-14(15)20/h4-10,16H,11H2,1-3H3,(H2,21,22,25)/t16-/m1/s1. The molecule has 0 aromatic heterocycles. The molecule has 0 radical (unpaired) electrons. The summed E-state index contributed by atoms with van der Waals surface area (Å²) < 4.78 is 11.4. The van der Waals surface area contributed by atoms with Gasteiger partial charge in [-0.25, -0.2) is 0 Å². The van der Waals surface area contributed by atoms with Crippen LogP contribution in [0, 0.1) is 0 Å². The van der Waals surface area contributed by atoms with Crippen molar-refractivity contribution in [1.82, 2.24) is 5.32 Å². The Morgan fingerprint density at radius 1 is 1.28 bits per heavy atom. The fourth-order valence-electron chi connectivity index (χ4n) is 2.97. The van der Waals surface area contributed by atoms with Crippen molar-refractivity contribution in [2.24, 2.45) is 0 Å². The Bertz CT molecular complexity index is 795. The van der Waals surface area contributed by atoms with Gasteiger partial charge in [-0.1, -0.05) is 23.7 Å². The van der Waals surface area contributed by atoms with Crippen molar-refractivity contribution in [2.45, 2.75) is 31.9 Å². The van der Waals surface area contributed by atoms with Crippen LogP contribution in [0.2, 0.25) is 5.02 Å². The Kier molecular flexibility index (Phi) is 5.06. The molecule has 0 unspecified atom stereocenters. The van der Waals surface area contributed by atoms with Gasteiger partial charge in [0.15, 0.2) is 5.11 Å². The van der Waals surface area contributed by atoms with Gasteiger partial charge in [-0.15, -0.1) is 0 Å². The molecular formula is C19H21ClN2O2S. The largest absolute Gasteiger partial charge is 0.497 e. The molecule has 132 valence electrons. The minimum atomic E-state index is -0.292. The summed E-state index contributed by atoms with van der Waals surface area (Å²) in [6.07, 6.45) is 0.775. The van der Waals surface area contributed by atoms with Crippen LogP contribution < -0.4 is 20.1 Å². The first-order valence-electron chi connectivity index (χ1n) is 8.07. The van der Waals surface area contributed by atoms with Crippen molar-refractivity contribution in [2.75, 3.05) is 12.4 Å². The first-order valence-corrected chi connectivity index (χ1v) is 8.85. The Balaban J connectivity index is 1.82. The fourth-order valence-corrected chi connectivity index (χ4v) is 3.40. The first-order chi connectivity index (χ1) is 11.9. The van der Waals surface area contributed by atoms with E-state index in [2.05, 4.69) is 24.5 Å². The number of hydrogen-bond donors (Lipinski definition) is 2. The van der Waals surface area contributed by atoms with E-state index in [9.17, 15) is 0 Å². The van der Waals surface area contributed by atoms with Crippen molar-refractivity contribution < 1.29 is 9.47 Å². The van der Waals surface area contributed by atoms with Crippen molar-refractivity contribution in [3.63, 3.8) is 0 Å². The van der Waals surface area contributed by atoms with Gasteiger partial charge in [0.2, 0.25) is 0 Å². The van der Waals surface area contributed by atoms with Crippen molar-refractivity contribution >= 4 is 34.6 Å². The Labute approximate surface area is 158 Å². The molecule has 0 spiro atoms. The summed E-state index contributed by atoms with van der Waals surface area (Å²) >= 11 is 11.7. The van der Waals surface area contributed by atoms with Crippen LogP contribution in [0.15, 0.2) is 42.5 Å². The number of hydrogen-bond acceptors (Lipinski definition) is 3. The average Bonchev–Trinajstić information content (AvgIpc) is 2.55. The van der Waals surface area contributed by atoms with E-state index in [-0.39, 0.29) is 11.6 Å². The number of benzene rings is 2. The summed E-state index contributed by atoms with van der Waals surface area (Å²) in [6, 6.07) is 13.3. The van der Waals surface area contributed by atoms with Crippen molar-refractivity contribution in [1.29, 1.82) is 0 Å². The van der Waals surface area contributed by atoms with E-state index in [1.54, 1.807) is 7.11 Å². The molecule has 0 bridgehead atoms. The molecule has 0 saturated carbocycles. The zero-order chi connectivity index (χ0) is 18.0. The van der Waals surface area contributed by atoms with E-state index >= 15 is 0 Å². The fraction of sp³-hybridized carbons (Fsp3) is 0.316. The van der Waals surface area contributed by atoms with Crippen LogP contribution in [0.1, 0.15) is 31.9 Å². The summed E-state index contributed by atoms with van der Waals surface area (Å²) in [5.74, 6) is 1.63. The molecule has 1 aliphatic rings. The predicted octanol–water partition coefficient (Wildman–Crippen LogP) is 4.94. The van der Waals surface area contributed by atoms with Crippen LogP contribution in [0.3, 0.4) is 0 Å². The van der Waals surface area contributed by atoms with Crippen LogP contribution in [0.25, 0.3) is 0 Å².